The molecule has 0 aliphatic heterocycles. The van der Waals surface area contributed by atoms with Gasteiger partial charge in [0.25, 0.3) is 0 Å². The minimum absolute atomic E-state index is 0.0210. The summed E-state index contributed by atoms with van der Waals surface area (Å²) >= 11 is 0. The van der Waals surface area contributed by atoms with Crippen LogP contribution in [0, 0.1) is 0 Å². The van der Waals surface area contributed by atoms with Crippen molar-refractivity contribution < 1.29 is 14.7 Å². The van der Waals surface area contributed by atoms with Crippen molar-refractivity contribution in [1.82, 2.24) is 0 Å². The number of unbranched alkanes of at least 4 members (excludes halogenated alkanes) is 9. The number of aromatic hydroxyl groups is 1. The van der Waals surface area contributed by atoms with Crippen LogP contribution < -0.4 is 0 Å². The van der Waals surface area contributed by atoms with E-state index in [9.17, 15) is 14.7 Å². The Morgan fingerprint density at radius 2 is 1.29 bits per heavy atom. The van der Waals surface area contributed by atoms with Gasteiger partial charge in [0.05, 0.1) is 6.42 Å². The molecule has 0 aliphatic carbocycles. The minimum atomic E-state index is -0.160. The van der Waals surface area contributed by atoms with Crippen LogP contribution in [0.3, 0.4) is 0 Å². The lowest BCUT2D eigenvalue weighted by Gasteiger charge is -2.03. The molecular formula is C21H32O3. The van der Waals surface area contributed by atoms with Gasteiger partial charge in [0.2, 0.25) is 0 Å². The maximum atomic E-state index is 11.9. The van der Waals surface area contributed by atoms with E-state index in [1.807, 2.05) is 0 Å². The largest absolute Gasteiger partial charge is 0.508 e. The van der Waals surface area contributed by atoms with Crippen LogP contribution in [-0.4, -0.2) is 16.7 Å². The molecule has 0 aromatic heterocycles. The number of hydrogen-bond donors (Lipinski definition) is 1. The van der Waals surface area contributed by atoms with Crippen molar-refractivity contribution in [2.45, 2.75) is 84.0 Å². The molecule has 0 unspecified atom stereocenters. The first-order valence-corrected chi connectivity index (χ1v) is 9.47. The topological polar surface area (TPSA) is 54.4 Å². The molecule has 24 heavy (non-hydrogen) atoms. The van der Waals surface area contributed by atoms with E-state index in [0.717, 1.165) is 12.8 Å². The molecule has 0 aliphatic rings. The van der Waals surface area contributed by atoms with Gasteiger partial charge in [-0.15, -0.1) is 0 Å². The highest BCUT2D eigenvalue weighted by Crippen LogP contribution is 2.14. The number of ketones is 2. The van der Waals surface area contributed by atoms with Crippen molar-refractivity contribution in [1.29, 1.82) is 0 Å². The standard InChI is InChI=1S/C21H32O3/c1-2-3-4-5-6-7-8-9-10-11-12-20(23)17-21(24)18-13-15-19(22)16-14-18/h13-16,22H,2-12,17H2,1H3. The summed E-state index contributed by atoms with van der Waals surface area (Å²) in [5, 5.41) is 9.20. The molecule has 0 fully saturated rings. The predicted molar refractivity (Wildman–Crippen MR) is 98.5 cm³/mol. The second kappa shape index (κ2) is 12.7. The first-order valence-electron chi connectivity index (χ1n) is 9.47. The Labute approximate surface area is 146 Å². The molecule has 0 heterocycles. The first kappa shape index (κ1) is 20.4. The van der Waals surface area contributed by atoms with Crippen LogP contribution in [0.25, 0.3) is 0 Å². The maximum absolute atomic E-state index is 11.9. The molecule has 0 saturated heterocycles. The highest BCUT2D eigenvalue weighted by molar-refractivity contribution is 6.07. The SMILES string of the molecule is CCCCCCCCCCCCC(=O)CC(=O)c1ccc(O)cc1. The van der Waals surface area contributed by atoms with E-state index in [1.54, 1.807) is 12.1 Å². The fourth-order valence-electron chi connectivity index (χ4n) is 2.83. The smallest absolute Gasteiger partial charge is 0.170 e. The van der Waals surface area contributed by atoms with E-state index in [1.165, 1.54) is 63.5 Å². The van der Waals surface area contributed by atoms with E-state index in [-0.39, 0.29) is 23.7 Å². The van der Waals surface area contributed by atoms with Crippen LogP contribution in [0.1, 0.15) is 94.3 Å². The Kier molecular flexibility index (Phi) is 10.8. The quantitative estimate of drug-likeness (QED) is 0.264. The summed E-state index contributed by atoms with van der Waals surface area (Å²) in [6, 6.07) is 6.07. The van der Waals surface area contributed by atoms with Gasteiger partial charge in [0.1, 0.15) is 11.5 Å². The van der Waals surface area contributed by atoms with Gasteiger partial charge in [0, 0.05) is 12.0 Å². The van der Waals surface area contributed by atoms with Crippen LogP contribution in [0.2, 0.25) is 0 Å². The normalized spacial score (nSPS) is 10.7. The third-order valence-corrected chi connectivity index (χ3v) is 4.36. The van der Waals surface area contributed by atoms with Crippen molar-refractivity contribution in [3.05, 3.63) is 29.8 Å². The van der Waals surface area contributed by atoms with Gasteiger partial charge in [-0.3, -0.25) is 9.59 Å². The molecule has 0 bridgehead atoms. The second-order valence-corrected chi connectivity index (χ2v) is 6.62. The molecule has 1 rings (SSSR count). The summed E-state index contributed by atoms with van der Waals surface area (Å²) in [5.74, 6) is -0.0111. The predicted octanol–water partition coefficient (Wildman–Crippen LogP) is 5.85. The van der Waals surface area contributed by atoms with Gasteiger partial charge in [-0.25, -0.2) is 0 Å². The molecule has 1 aromatic rings. The van der Waals surface area contributed by atoms with Gasteiger partial charge >= 0.3 is 0 Å². The lowest BCUT2D eigenvalue weighted by molar-refractivity contribution is -0.118. The maximum Gasteiger partial charge on any atom is 0.170 e. The van der Waals surface area contributed by atoms with Crippen molar-refractivity contribution >= 4 is 11.6 Å². The fourth-order valence-corrected chi connectivity index (χ4v) is 2.83. The van der Waals surface area contributed by atoms with Crippen LogP contribution in [0.4, 0.5) is 0 Å². The highest BCUT2D eigenvalue weighted by Gasteiger charge is 2.11. The molecule has 1 N–H and O–H groups in total. The zero-order valence-corrected chi connectivity index (χ0v) is 15.1. The summed E-state index contributed by atoms with van der Waals surface area (Å²) < 4.78 is 0. The van der Waals surface area contributed by atoms with Gasteiger partial charge in [-0.05, 0) is 30.7 Å². The lowest BCUT2D eigenvalue weighted by atomic mass is 10.0. The summed E-state index contributed by atoms with van der Waals surface area (Å²) in [4.78, 5) is 23.8. The zero-order valence-electron chi connectivity index (χ0n) is 15.1. The van der Waals surface area contributed by atoms with Gasteiger partial charge < -0.3 is 5.11 Å². The number of Topliss-reactive ketones (excluding diaryl/α,β-unsaturated/α-hetero) is 2. The molecule has 0 atom stereocenters. The van der Waals surface area contributed by atoms with E-state index in [0.29, 0.717) is 12.0 Å². The Bertz CT molecular complexity index is 476. The van der Waals surface area contributed by atoms with Crippen molar-refractivity contribution in [2.75, 3.05) is 0 Å². The van der Waals surface area contributed by atoms with E-state index >= 15 is 0 Å². The highest BCUT2D eigenvalue weighted by atomic mass is 16.3. The van der Waals surface area contributed by atoms with Crippen LogP contribution in [0.5, 0.6) is 5.75 Å². The number of rotatable bonds is 14. The number of benzene rings is 1. The molecule has 0 radical (unpaired) electrons. The number of hydrogen-bond acceptors (Lipinski definition) is 3. The van der Waals surface area contributed by atoms with Gasteiger partial charge in [0.15, 0.2) is 5.78 Å². The summed E-state index contributed by atoms with van der Waals surface area (Å²) in [6.07, 6.45) is 12.9. The Morgan fingerprint density at radius 3 is 1.83 bits per heavy atom. The molecule has 0 saturated carbocycles. The fraction of sp³-hybridized carbons (Fsp3) is 0.619. The Morgan fingerprint density at radius 1 is 0.792 bits per heavy atom. The third-order valence-electron chi connectivity index (χ3n) is 4.36. The molecule has 134 valence electrons. The third kappa shape index (κ3) is 9.49. The number of carbonyl (C=O) groups excluding carboxylic acids is 2. The van der Waals surface area contributed by atoms with Gasteiger partial charge in [-0.1, -0.05) is 64.7 Å². The minimum Gasteiger partial charge on any atom is -0.508 e. The van der Waals surface area contributed by atoms with E-state index in [2.05, 4.69) is 6.92 Å². The van der Waals surface area contributed by atoms with Crippen molar-refractivity contribution in [3.63, 3.8) is 0 Å². The van der Waals surface area contributed by atoms with E-state index < -0.39 is 0 Å². The van der Waals surface area contributed by atoms with Crippen LogP contribution >= 0.6 is 0 Å². The zero-order chi connectivity index (χ0) is 17.6. The Hall–Kier alpha value is -1.64. The van der Waals surface area contributed by atoms with Gasteiger partial charge in [-0.2, -0.15) is 0 Å². The number of phenolic OH excluding ortho intramolecular Hbond substituents is 1. The average molecular weight is 332 g/mol. The molecule has 3 heteroatoms. The number of carbonyl (C=O) groups is 2. The monoisotopic (exact) mass is 332 g/mol. The van der Waals surface area contributed by atoms with E-state index in [4.69, 9.17) is 0 Å². The molecular weight excluding hydrogens is 300 g/mol. The lowest BCUT2D eigenvalue weighted by Crippen LogP contribution is -2.07. The first-order chi connectivity index (χ1) is 11.6. The van der Waals surface area contributed by atoms with Crippen LogP contribution in [-0.2, 0) is 4.79 Å². The Balaban J connectivity index is 2.02. The second-order valence-electron chi connectivity index (χ2n) is 6.62. The van der Waals surface area contributed by atoms with Crippen molar-refractivity contribution in [2.24, 2.45) is 0 Å². The number of phenols is 1. The summed E-state index contributed by atoms with van der Waals surface area (Å²) in [6.45, 7) is 2.24. The van der Waals surface area contributed by atoms with Crippen molar-refractivity contribution in [3.8, 4) is 5.75 Å². The average Bonchev–Trinajstić information content (AvgIpc) is 2.57. The molecule has 0 amide bonds. The summed E-state index contributed by atoms with van der Waals surface area (Å²) in [5.41, 5.74) is 0.490. The summed E-state index contributed by atoms with van der Waals surface area (Å²) in [7, 11) is 0. The molecule has 0 spiro atoms. The molecule has 3 nitrogen and oxygen atoms in total. The molecule has 1 aromatic carbocycles. The van der Waals surface area contributed by atoms with Crippen LogP contribution in [0.15, 0.2) is 24.3 Å².